The van der Waals surface area contributed by atoms with Gasteiger partial charge in [-0.25, -0.2) is 0 Å². The zero-order valence-corrected chi connectivity index (χ0v) is 11.3. The molecule has 1 heterocycles. The molecule has 3 nitrogen and oxygen atoms in total. The Bertz CT molecular complexity index is 562. The highest BCUT2D eigenvalue weighted by molar-refractivity contribution is 6.18. The van der Waals surface area contributed by atoms with E-state index in [1.165, 1.54) is 0 Å². The molecule has 4 heteroatoms. The van der Waals surface area contributed by atoms with Crippen LogP contribution in [0.5, 0.6) is 0 Å². The van der Waals surface area contributed by atoms with Gasteiger partial charge in [-0.2, -0.15) is 0 Å². The van der Waals surface area contributed by atoms with Gasteiger partial charge < -0.3 is 9.73 Å². The van der Waals surface area contributed by atoms with Crippen LogP contribution in [0.1, 0.15) is 23.0 Å². The Hall–Kier alpha value is -1.48. The molecule has 1 N–H and O–H groups in total. The fourth-order valence-electron chi connectivity index (χ4n) is 1.68. The number of hydrogen-bond acceptors (Lipinski definition) is 2. The molecule has 0 aliphatic heterocycles. The van der Waals surface area contributed by atoms with Gasteiger partial charge in [-0.15, -0.1) is 11.6 Å². The second kappa shape index (κ2) is 5.44. The minimum Gasteiger partial charge on any atom is -0.451 e. The molecule has 0 radical (unpaired) electrons. The Balaban J connectivity index is 2.13. The van der Waals surface area contributed by atoms with Crippen LogP contribution in [0.15, 0.2) is 28.7 Å². The van der Waals surface area contributed by atoms with Gasteiger partial charge in [0.25, 0.3) is 5.91 Å². The number of aryl methyl sites for hydroxylation is 1. The van der Waals surface area contributed by atoms with Crippen LogP contribution >= 0.6 is 11.6 Å². The van der Waals surface area contributed by atoms with Crippen LogP contribution < -0.4 is 5.32 Å². The van der Waals surface area contributed by atoms with Gasteiger partial charge in [0, 0.05) is 17.8 Å². The lowest BCUT2D eigenvalue weighted by atomic mass is 10.2. The third kappa shape index (κ3) is 2.85. The van der Waals surface area contributed by atoms with Gasteiger partial charge in [-0.05, 0) is 31.0 Å². The highest BCUT2D eigenvalue weighted by Gasteiger charge is 2.12. The third-order valence-electron chi connectivity index (χ3n) is 2.77. The molecular weight excluding hydrogens is 250 g/mol. The van der Waals surface area contributed by atoms with E-state index in [0.717, 1.165) is 16.5 Å². The van der Waals surface area contributed by atoms with Crippen molar-refractivity contribution in [3.05, 3.63) is 35.6 Å². The van der Waals surface area contributed by atoms with E-state index in [1.54, 1.807) is 6.07 Å². The summed E-state index contributed by atoms with van der Waals surface area (Å²) in [6.07, 6.45) is 0. The Morgan fingerprint density at radius 2 is 2.22 bits per heavy atom. The maximum Gasteiger partial charge on any atom is 0.287 e. The third-order valence-corrected chi connectivity index (χ3v) is 3.30. The fourth-order valence-corrected chi connectivity index (χ4v) is 1.79. The number of furan rings is 1. The van der Waals surface area contributed by atoms with Crippen molar-refractivity contribution < 1.29 is 9.21 Å². The van der Waals surface area contributed by atoms with E-state index in [0.29, 0.717) is 18.2 Å². The average Bonchev–Trinajstić information content (AvgIpc) is 2.78. The minimum absolute atomic E-state index is 0.194. The van der Waals surface area contributed by atoms with Gasteiger partial charge in [-0.3, -0.25) is 4.79 Å². The standard InChI is InChI=1S/C14H16ClNO2/c1-9-3-4-12-11(5-9)6-13(18-12)14(17)16-8-10(2)7-15/h3-6,10H,7-8H2,1-2H3,(H,16,17). The molecule has 0 saturated carbocycles. The molecule has 96 valence electrons. The highest BCUT2D eigenvalue weighted by Crippen LogP contribution is 2.20. The maximum atomic E-state index is 11.9. The number of carbonyl (C=O) groups is 1. The van der Waals surface area contributed by atoms with Gasteiger partial charge in [0.05, 0.1) is 0 Å². The minimum atomic E-state index is -0.194. The molecule has 0 spiro atoms. The Morgan fingerprint density at radius 1 is 1.44 bits per heavy atom. The summed E-state index contributed by atoms with van der Waals surface area (Å²) >= 11 is 5.69. The molecule has 1 atom stereocenters. The first kappa shape index (κ1) is 13.0. The van der Waals surface area contributed by atoms with Crippen LogP contribution in [0.3, 0.4) is 0 Å². The number of hydrogen-bond donors (Lipinski definition) is 1. The molecular formula is C14H16ClNO2. The van der Waals surface area contributed by atoms with Crippen LogP contribution in [0.4, 0.5) is 0 Å². The van der Waals surface area contributed by atoms with Gasteiger partial charge in [0.2, 0.25) is 0 Å². The summed E-state index contributed by atoms with van der Waals surface area (Å²) in [7, 11) is 0. The van der Waals surface area contributed by atoms with E-state index in [4.69, 9.17) is 16.0 Å². The summed E-state index contributed by atoms with van der Waals surface area (Å²) in [5.41, 5.74) is 1.88. The van der Waals surface area contributed by atoms with Crippen LogP contribution in [-0.4, -0.2) is 18.3 Å². The molecule has 0 bridgehead atoms. The molecule has 1 unspecified atom stereocenters. The Kier molecular flexibility index (Phi) is 3.92. The van der Waals surface area contributed by atoms with Crippen molar-refractivity contribution in [3.8, 4) is 0 Å². The van der Waals surface area contributed by atoms with Crippen LogP contribution in [0, 0.1) is 12.8 Å². The van der Waals surface area contributed by atoms with Crippen LogP contribution in [0.2, 0.25) is 0 Å². The second-order valence-corrected chi connectivity index (χ2v) is 4.93. The monoisotopic (exact) mass is 265 g/mol. The summed E-state index contributed by atoms with van der Waals surface area (Å²) in [5.74, 6) is 0.931. The number of halogens is 1. The predicted octanol–water partition coefficient (Wildman–Crippen LogP) is 3.35. The lowest BCUT2D eigenvalue weighted by molar-refractivity contribution is 0.0923. The van der Waals surface area contributed by atoms with Crippen molar-refractivity contribution in [2.24, 2.45) is 5.92 Å². The average molecular weight is 266 g/mol. The Morgan fingerprint density at radius 3 is 2.94 bits per heavy atom. The zero-order valence-electron chi connectivity index (χ0n) is 10.5. The molecule has 18 heavy (non-hydrogen) atoms. The summed E-state index contributed by atoms with van der Waals surface area (Å²) in [6.45, 7) is 4.54. The first-order valence-corrected chi connectivity index (χ1v) is 6.48. The number of carbonyl (C=O) groups excluding carboxylic acids is 1. The molecule has 0 aliphatic carbocycles. The molecule has 1 amide bonds. The summed E-state index contributed by atoms with van der Waals surface area (Å²) < 4.78 is 5.51. The summed E-state index contributed by atoms with van der Waals surface area (Å²) in [4.78, 5) is 11.9. The summed E-state index contributed by atoms with van der Waals surface area (Å²) in [6, 6.07) is 7.60. The quantitative estimate of drug-likeness (QED) is 0.862. The molecule has 0 saturated heterocycles. The lowest BCUT2D eigenvalue weighted by Gasteiger charge is -2.07. The number of fused-ring (bicyclic) bond motifs is 1. The number of nitrogens with one attached hydrogen (secondary N) is 1. The zero-order chi connectivity index (χ0) is 13.1. The molecule has 0 fully saturated rings. The van der Waals surface area contributed by atoms with Crippen molar-refractivity contribution in [2.45, 2.75) is 13.8 Å². The van der Waals surface area contributed by atoms with Gasteiger partial charge in [-0.1, -0.05) is 18.6 Å². The molecule has 2 rings (SSSR count). The Labute approximate surface area is 111 Å². The van der Waals surface area contributed by atoms with E-state index in [-0.39, 0.29) is 11.8 Å². The smallest absolute Gasteiger partial charge is 0.287 e. The van der Waals surface area contributed by atoms with E-state index in [9.17, 15) is 4.79 Å². The molecule has 1 aromatic heterocycles. The maximum absolute atomic E-state index is 11.9. The van der Waals surface area contributed by atoms with Crippen molar-refractivity contribution in [3.63, 3.8) is 0 Å². The summed E-state index contributed by atoms with van der Waals surface area (Å²) in [5, 5.41) is 3.76. The van der Waals surface area contributed by atoms with Crippen LogP contribution in [-0.2, 0) is 0 Å². The predicted molar refractivity (Wildman–Crippen MR) is 73.2 cm³/mol. The van der Waals surface area contributed by atoms with Gasteiger partial charge >= 0.3 is 0 Å². The van der Waals surface area contributed by atoms with E-state index >= 15 is 0 Å². The highest BCUT2D eigenvalue weighted by atomic mass is 35.5. The van der Waals surface area contributed by atoms with Crippen molar-refractivity contribution >= 4 is 28.5 Å². The van der Waals surface area contributed by atoms with Gasteiger partial charge in [0.15, 0.2) is 5.76 Å². The number of rotatable bonds is 4. The van der Waals surface area contributed by atoms with E-state index < -0.39 is 0 Å². The normalized spacial score (nSPS) is 12.6. The fraction of sp³-hybridized carbons (Fsp3) is 0.357. The van der Waals surface area contributed by atoms with Gasteiger partial charge in [0.1, 0.15) is 5.58 Å². The van der Waals surface area contributed by atoms with Crippen molar-refractivity contribution in [1.82, 2.24) is 5.32 Å². The van der Waals surface area contributed by atoms with Crippen LogP contribution in [0.25, 0.3) is 11.0 Å². The number of benzene rings is 1. The first-order valence-electron chi connectivity index (χ1n) is 5.94. The SMILES string of the molecule is Cc1ccc2oc(C(=O)NCC(C)CCl)cc2c1. The second-order valence-electron chi connectivity index (χ2n) is 4.62. The van der Waals surface area contributed by atoms with Crippen molar-refractivity contribution in [2.75, 3.05) is 12.4 Å². The van der Waals surface area contributed by atoms with Crippen molar-refractivity contribution in [1.29, 1.82) is 0 Å². The van der Waals surface area contributed by atoms with E-state index in [2.05, 4.69) is 5.32 Å². The largest absolute Gasteiger partial charge is 0.451 e. The lowest BCUT2D eigenvalue weighted by Crippen LogP contribution is -2.28. The first-order chi connectivity index (χ1) is 8.60. The molecule has 1 aromatic carbocycles. The molecule has 2 aromatic rings. The number of alkyl halides is 1. The topological polar surface area (TPSA) is 42.2 Å². The molecule has 0 aliphatic rings. The van der Waals surface area contributed by atoms with E-state index in [1.807, 2.05) is 32.0 Å². The number of amides is 1.